The first-order valence-electron chi connectivity index (χ1n) is 4.93. The predicted octanol–water partition coefficient (Wildman–Crippen LogP) is 2.64. The van der Waals surface area contributed by atoms with Crippen LogP contribution in [0.4, 0.5) is 15.6 Å². The van der Waals surface area contributed by atoms with Gasteiger partial charge in [0.15, 0.2) is 0 Å². The quantitative estimate of drug-likeness (QED) is 0.795. The average molecular weight is 343 g/mol. The summed E-state index contributed by atoms with van der Waals surface area (Å²) in [5, 5.41) is 21.5. The van der Waals surface area contributed by atoms with Crippen LogP contribution in [-0.2, 0) is 0 Å². The van der Waals surface area contributed by atoms with Crippen LogP contribution in [0.25, 0.3) is 0 Å². The molecule has 1 heterocycles. The second-order valence-electron chi connectivity index (χ2n) is 3.32. The van der Waals surface area contributed by atoms with Gasteiger partial charge in [0, 0.05) is 10.2 Å². The third-order valence-electron chi connectivity index (χ3n) is 2.04. The van der Waals surface area contributed by atoms with Gasteiger partial charge in [-0.15, -0.1) is 10.2 Å². The van der Waals surface area contributed by atoms with Crippen LogP contribution in [0.2, 0.25) is 0 Å². The van der Waals surface area contributed by atoms with E-state index in [1.807, 2.05) is 0 Å². The van der Waals surface area contributed by atoms with Gasteiger partial charge >= 0.3 is 12.0 Å². The fourth-order valence-corrected chi connectivity index (χ4v) is 2.11. The van der Waals surface area contributed by atoms with Gasteiger partial charge in [-0.1, -0.05) is 11.3 Å². The monoisotopic (exact) mass is 342 g/mol. The summed E-state index contributed by atoms with van der Waals surface area (Å²) >= 11 is 4.30. The molecule has 1 aromatic heterocycles. The molecule has 0 spiro atoms. The van der Waals surface area contributed by atoms with E-state index < -0.39 is 12.0 Å². The van der Waals surface area contributed by atoms with E-state index in [-0.39, 0.29) is 5.56 Å². The lowest BCUT2D eigenvalue weighted by atomic mass is 10.2. The lowest BCUT2D eigenvalue weighted by molar-refractivity contribution is 0.0696. The van der Waals surface area contributed by atoms with Crippen molar-refractivity contribution < 1.29 is 14.7 Å². The highest BCUT2D eigenvalue weighted by atomic mass is 79.9. The summed E-state index contributed by atoms with van der Waals surface area (Å²) in [4.78, 5) is 22.5. The van der Waals surface area contributed by atoms with Gasteiger partial charge in [-0.05, 0) is 34.1 Å². The first-order chi connectivity index (χ1) is 9.06. The molecule has 9 heteroatoms. The van der Waals surface area contributed by atoms with Crippen molar-refractivity contribution in [1.29, 1.82) is 0 Å². The molecule has 0 saturated heterocycles. The van der Waals surface area contributed by atoms with Crippen LogP contribution in [0.3, 0.4) is 0 Å². The van der Waals surface area contributed by atoms with Gasteiger partial charge in [0.25, 0.3) is 0 Å². The first kappa shape index (κ1) is 13.4. The zero-order valence-corrected chi connectivity index (χ0v) is 11.7. The highest BCUT2D eigenvalue weighted by Crippen LogP contribution is 2.21. The summed E-state index contributed by atoms with van der Waals surface area (Å²) in [5.41, 5.74) is 1.91. The van der Waals surface area contributed by atoms with Gasteiger partial charge in [-0.3, -0.25) is 5.32 Å². The van der Waals surface area contributed by atoms with Crippen LogP contribution < -0.4 is 10.6 Å². The van der Waals surface area contributed by atoms with Crippen molar-refractivity contribution in [2.45, 2.75) is 0 Å². The maximum Gasteiger partial charge on any atom is 0.336 e. The molecule has 0 radical (unpaired) electrons. The Hall–Kier alpha value is -2.00. The third-order valence-corrected chi connectivity index (χ3v) is 3.33. The van der Waals surface area contributed by atoms with E-state index in [1.54, 1.807) is 12.1 Å². The van der Waals surface area contributed by atoms with Crippen molar-refractivity contribution >= 4 is 50.1 Å². The number of nitrogens with zero attached hydrogens (tertiary/aromatic N) is 2. The zero-order valence-electron chi connectivity index (χ0n) is 9.25. The Morgan fingerprint density at radius 2 is 2.11 bits per heavy atom. The van der Waals surface area contributed by atoms with Crippen molar-refractivity contribution in [2.75, 3.05) is 10.6 Å². The Labute approximate surface area is 119 Å². The highest BCUT2D eigenvalue weighted by molar-refractivity contribution is 9.10. The number of nitrogens with one attached hydrogen (secondary N) is 2. The predicted molar refractivity (Wildman–Crippen MR) is 73.7 cm³/mol. The van der Waals surface area contributed by atoms with E-state index in [4.69, 9.17) is 5.11 Å². The fraction of sp³-hybridized carbons (Fsp3) is 0. The minimum absolute atomic E-state index is 0.0636. The molecule has 2 aromatic rings. The molecule has 0 atom stereocenters. The van der Waals surface area contributed by atoms with Gasteiger partial charge in [0.2, 0.25) is 5.13 Å². The number of carboxylic acids is 1. The number of aromatic nitrogens is 2. The van der Waals surface area contributed by atoms with E-state index in [9.17, 15) is 9.59 Å². The molecule has 0 bridgehead atoms. The summed E-state index contributed by atoms with van der Waals surface area (Å²) < 4.78 is 0.440. The summed E-state index contributed by atoms with van der Waals surface area (Å²) in [5.74, 6) is -1.08. The van der Waals surface area contributed by atoms with Crippen LogP contribution in [0.1, 0.15) is 10.4 Å². The highest BCUT2D eigenvalue weighted by Gasteiger charge is 2.11. The molecular weight excluding hydrogens is 336 g/mol. The lowest BCUT2D eigenvalue weighted by Gasteiger charge is -2.07. The van der Waals surface area contributed by atoms with E-state index in [1.165, 1.54) is 22.9 Å². The SMILES string of the molecule is O=C(Nc1ccc(Br)c(C(=O)O)c1)Nc1nncs1. The number of halogens is 1. The van der Waals surface area contributed by atoms with Crippen molar-refractivity contribution in [1.82, 2.24) is 10.2 Å². The topological polar surface area (TPSA) is 104 Å². The molecule has 3 N–H and O–H groups in total. The van der Waals surface area contributed by atoms with Crippen LogP contribution in [0.15, 0.2) is 28.2 Å². The van der Waals surface area contributed by atoms with E-state index in [0.717, 1.165) is 0 Å². The number of hydrogen-bond acceptors (Lipinski definition) is 5. The first-order valence-corrected chi connectivity index (χ1v) is 6.60. The number of carboxylic acid groups (broad SMARTS) is 1. The largest absolute Gasteiger partial charge is 0.478 e. The molecule has 2 amide bonds. The number of rotatable bonds is 3. The minimum Gasteiger partial charge on any atom is -0.478 e. The lowest BCUT2D eigenvalue weighted by Crippen LogP contribution is -2.19. The van der Waals surface area contributed by atoms with Crippen LogP contribution >= 0.6 is 27.3 Å². The minimum atomic E-state index is -1.08. The van der Waals surface area contributed by atoms with Crippen LogP contribution in [-0.4, -0.2) is 27.3 Å². The number of carbonyl (C=O) groups is 2. The molecule has 2 rings (SSSR count). The van der Waals surface area contributed by atoms with Gasteiger partial charge in [-0.2, -0.15) is 0 Å². The normalized spacial score (nSPS) is 9.95. The summed E-state index contributed by atoms with van der Waals surface area (Å²) in [6, 6.07) is 3.96. The van der Waals surface area contributed by atoms with E-state index in [2.05, 4.69) is 36.8 Å². The molecule has 0 unspecified atom stereocenters. The Morgan fingerprint density at radius 3 is 2.74 bits per heavy atom. The fourth-order valence-electron chi connectivity index (χ4n) is 1.25. The van der Waals surface area contributed by atoms with Crippen molar-refractivity contribution in [3.8, 4) is 0 Å². The van der Waals surface area contributed by atoms with Crippen molar-refractivity contribution in [3.05, 3.63) is 33.7 Å². The Bertz CT molecular complexity index is 617. The molecule has 0 aliphatic rings. The number of hydrogen-bond donors (Lipinski definition) is 3. The average Bonchev–Trinajstić information content (AvgIpc) is 2.84. The summed E-state index contributed by atoms with van der Waals surface area (Å²) in [6.45, 7) is 0. The van der Waals surface area contributed by atoms with Crippen molar-refractivity contribution in [3.63, 3.8) is 0 Å². The smallest absolute Gasteiger partial charge is 0.336 e. The van der Waals surface area contributed by atoms with Gasteiger partial charge in [0.1, 0.15) is 5.51 Å². The number of benzene rings is 1. The molecule has 0 fully saturated rings. The maximum absolute atomic E-state index is 11.6. The zero-order chi connectivity index (χ0) is 13.8. The van der Waals surface area contributed by atoms with Gasteiger partial charge < -0.3 is 10.4 Å². The second kappa shape index (κ2) is 5.76. The Balaban J connectivity index is 2.09. The van der Waals surface area contributed by atoms with Crippen molar-refractivity contribution in [2.24, 2.45) is 0 Å². The number of urea groups is 1. The maximum atomic E-state index is 11.6. The molecule has 0 aliphatic heterocycles. The standard InChI is InChI=1S/C10H7BrN4O3S/c11-7-2-1-5(3-6(7)8(16)17)13-9(18)14-10-15-12-4-19-10/h1-4H,(H,16,17)(H2,13,14,15,18). The second-order valence-corrected chi connectivity index (χ2v) is 5.01. The number of amides is 2. The molecule has 19 heavy (non-hydrogen) atoms. The van der Waals surface area contributed by atoms with Gasteiger partial charge in [0.05, 0.1) is 5.56 Å². The molecule has 0 aliphatic carbocycles. The number of anilines is 2. The van der Waals surface area contributed by atoms with Gasteiger partial charge in [-0.25, -0.2) is 9.59 Å². The molecule has 98 valence electrons. The number of carbonyl (C=O) groups excluding carboxylic acids is 1. The molecule has 1 aromatic carbocycles. The summed E-state index contributed by atoms with van der Waals surface area (Å²) in [7, 11) is 0. The number of aromatic carboxylic acids is 1. The molecule has 7 nitrogen and oxygen atoms in total. The molecule has 0 saturated carbocycles. The summed E-state index contributed by atoms with van der Waals surface area (Å²) in [6.07, 6.45) is 0. The Kier molecular flexibility index (Phi) is 4.07. The van der Waals surface area contributed by atoms with Crippen LogP contribution in [0, 0.1) is 0 Å². The van der Waals surface area contributed by atoms with Crippen LogP contribution in [0.5, 0.6) is 0 Å². The Morgan fingerprint density at radius 1 is 1.32 bits per heavy atom. The molecular formula is C10H7BrN4O3S. The van der Waals surface area contributed by atoms with E-state index >= 15 is 0 Å². The third kappa shape index (κ3) is 3.48. The van der Waals surface area contributed by atoms with E-state index in [0.29, 0.717) is 15.3 Å².